The highest BCUT2D eigenvalue weighted by molar-refractivity contribution is 5.85. The molecule has 1 rings (SSSR count). The molecule has 0 saturated heterocycles. The van der Waals surface area contributed by atoms with E-state index in [4.69, 9.17) is 5.11 Å². The van der Waals surface area contributed by atoms with Crippen LogP contribution in [0.1, 0.15) is 36.6 Å². The van der Waals surface area contributed by atoms with Crippen LogP contribution in [0.15, 0.2) is 6.07 Å². The average molecular weight is 267 g/mol. The highest BCUT2D eigenvalue weighted by Gasteiger charge is 2.23. The van der Waals surface area contributed by atoms with Crippen molar-refractivity contribution in [3.63, 3.8) is 0 Å². The van der Waals surface area contributed by atoms with Crippen LogP contribution in [-0.4, -0.2) is 39.7 Å². The number of hydrogen-bond acceptors (Lipinski definition) is 6. The zero-order chi connectivity index (χ0) is 14.6. The van der Waals surface area contributed by atoms with E-state index < -0.39 is 17.5 Å². The van der Waals surface area contributed by atoms with E-state index in [0.717, 1.165) is 0 Å². The summed E-state index contributed by atoms with van der Waals surface area (Å²) in [5, 5.41) is 11.8. The molecule has 0 radical (unpaired) electrons. The maximum atomic E-state index is 11.4. The van der Waals surface area contributed by atoms with Gasteiger partial charge in [-0.3, -0.25) is 4.79 Å². The number of aryl methyl sites for hydroxylation is 1. The minimum atomic E-state index is -0.920. The first kappa shape index (κ1) is 14.9. The zero-order valence-electron chi connectivity index (χ0n) is 11.4. The smallest absolute Gasteiger partial charge is 0.376 e. The lowest BCUT2D eigenvalue weighted by Crippen LogP contribution is -2.34. The molecule has 0 spiro atoms. The first-order valence-corrected chi connectivity index (χ1v) is 5.67. The van der Waals surface area contributed by atoms with Crippen LogP contribution >= 0.6 is 0 Å². The van der Waals surface area contributed by atoms with Crippen molar-refractivity contribution in [2.75, 3.05) is 12.4 Å². The normalized spacial score (nSPS) is 10.9. The Bertz CT molecular complexity index is 500. The number of aliphatic carboxylic acids is 1. The van der Waals surface area contributed by atoms with E-state index in [-0.39, 0.29) is 12.2 Å². The molecule has 7 heteroatoms. The summed E-state index contributed by atoms with van der Waals surface area (Å²) in [5.41, 5.74) is -0.107. The Morgan fingerprint density at radius 1 is 1.42 bits per heavy atom. The molecule has 0 saturated carbocycles. The van der Waals surface area contributed by atoms with Crippen molar-refractivity contribution in [3.05, 3.63) is 17.6 Å². The summed E-state index contributed by atoms with van der Waals surface area (Å²) in [6.07, 6.45) is -0.0798. The molecule has 1 heterocycles. The molecular formula is C12H17N3O4. The SMILES string of the molecule is COC(=O)c1nc(C)cc(NC(C)(C)CC(=O)O)n1. The summed E-state index contributed by atoms with van der Waals surface area (Å²) in [5.74, 6) is -1.23. The summed E-state index contributed by atoms with van der Waals surface area (Å²) in [6, 6.07) is 1.63. The number of esters is 1. The van der Waals surface area contributed by atoms with Gasteiger partial charge in [-0.2, -0.15) is 0 Å². The minimum Gasteiger partial charge on any atom is -0.481 e. The van der Waals surface area contributed by atoms with Crippen LogP contribution in [0.3, 0.4) is 0 Å². The molecule has 0 fully saturated rings. The van der Waals surface area contributed by atoms with E-state index in [1.54, 1.807) is 26.8 Å². The van der Waals surface area contributed by atoms with Crippen molar-refractivity contribution in [3.8, 4) is 0 Å². The van der Waals surface area contributed by atoms with Gasteiger partial charge in [-0.1, -0.05) is 0 Å². The fourth-order valence-corrected chi connectivity index (χ4v) is 1.58. The molecule has 104 valence electrons. The van der Waals surface area contributed by atoms with Gasteiger partial charge in [0.05, 0.1) is 13.5 Å². The van der Waals surface area contributed by atoms with Crippen molar-refractivity contribution in [2.45, 2.75) is 32.7 Å². The third kappa shape index (κ3) is 4.53. The average Bonchev–Trinajstić information content (AvgIpc) is 2.24. The maximum absolute atomic E-state index is 11.4. The molecule has 1 aromatic rings. The van der Waals surface area contributed by atoms with Gasteiger partial charge in [0.2, 0.25) is 5.82 Å². The van der Waals surface area contributed by atoms with Gasteiger partial charge in [-0.15, -0.1) is 0 Å². The number of rotatable bonds is 5. The maximum Gasteiger partial charge on any atom is 0.376 e. The Hall–Kier alpha value is -2.18. The summed E-state index contributed by atoms with van der Waals surface area (Å²) in [6.45, 7) is 5.18. The molecule has 7 nitrogen and oxygen atoms in total. The molecule has 0 aliphatic heterocycles. The number of anilines is 1. The first-order chi connectivity index (χ1) is 8.73. The van der Waals surface area contributed by atoms with E-state index in [1.165, 1.54) is 7.11 Å². The number of aromatic nitrogens is 2. The predicted molar refractivity (Wildman–Crippen MR) is 68.1 cm³/mol. The van der Waals surface area contributed by atoms with Gasteiger partial charge in [0, 0.05) is 17.3 Å². The van der Waals surface area contributed by atoms with E-state index in [1.807, 2.05) is 0 Å². The van der Waals surface area contributed by atoms with Gasteiger partial charge in [0.15, 0.2) is 0 Å². The van der Waals surface area contributed by atoms with Gasteiger partial charge in [-0.05, 0) is 20.8 Å². The van der Waals surface area contributed by atoms with Crippen molar-refractivity contribution in [1.29, 1.82) is 0 Å². The largest absolute Gasteiger partial charge is 0.481 e. The summed E-state index contributed by atoms with van der Waals surface area (Å²) in [4.78, 5) is 30.1. The fourth-order valence-electron chi connectivity index (χ4n) is 1.58. The summed E-state index contributed by atoms with van der Waals surface area (Å²) >= 11 is 0. The van der Waals surface area contributed by atoms with Crippen LogP contribution in [0.2, 0.25) is 0 Å². The summed E-state index contributed by atoms with van der Waals surface area (Å²) < 4.78 is 4.56. The number of carbonyl (C=O) groups excluding carboxylic acids is 1. The minimum absolute atomic E-state index is 0.0591. The zero-order valence-corrected chi connectivity index (χ0v) is 11.4. The lowest BCUT2D eigenvalue weighted by molar-refractivity contribution is -0.137. The van der Waals surface area contributed by atoms with Gasteiger partial charge in [-0.25, -0.2) is 14.8 Å². The first-order valence-electron chi connectivity index (χ1n) is 5.67. The number of ether oxygens (including phenoxy) is 1. The van der Waals surface area contributed by atoms with Crippen LogP contribution in [0.4, 0.5) is 5.82 Å². The Labute approximate surface area is 111 Å². The van der Waals surface area contributed by atoms with Gasteiger partial charge < -0.3 is 15.2 Å². The highest BCUT2D eigenvalue weighted by Crippen LogP contribution is 2.17. The topological polar surface area (TPSA) is 101 Å². The lowest BCUT2D eigenvalue weighted by Gasteiger charge is -2.25. The van der Waals surface area contributed by atoms with Crippen molar-refractivity contribution >= 4 is 17.8 Å². The molecule has 19 heavy (non-hydrogen) atoms. The number of carbonyl (C=O) groups is 2. The van der Waals surface area contributed by atoms with E-state index in [2.05, 4.69) is 20.0 Å². The number of nitrogens with one attached hydrogen (secondary N) is 1. The molecule has 0 atom stereocenters. The number of hydrogen-bond donors (Lipinski definition) is 2. The lowest BCUT2D eigenvalue weighted by atomic mass is 10.0. The second kappa shape index (κ2) is 5.64. The van der Waals surface area contributed by atoms with Crippen LogP contribution in [0.25, 0.3) is 0 Å². The molecule has 0 bridgehead atoms. The Morgan fingerprint density at radius 2 is 2.05 bits per heavy atom. The van der Waals surface area contributed by atoms with E-state index >= 15 is 0 Å². The second-order valence-corrected chi connectivity index (χ2v) is 4.79. The molecule has 0 unspecified atom stereocenters. The molecule has 0 aliphatic rings. The summed E-state index contributed by atoms with van der Waals surface area (Å²) in [7, 11) is 1.25. The van der Waals surface area contributed by atoms with Gasteiger partial charge >= 0.3 is 11.9 Å². The molecular weight excluding hydrogens is 250 g/mol. The number of methoxy groups -OCH3 is 1. The molecule has 0 aliphatic carbocycles. The standard InChI is InChI=1S/C12H17N3O4/c1-7-5-8(14-10(13-7)11(18)19-4)15-12(2,3)6-9(16)17/h5H,6H2,1-4H3,(H,16,17)(H,13,14,15). The van der Waals surface area contributed by atoms with E-state index in [0.29, 0.717) is 11.5 Å². The molecule has 1 aromatic heterocycles. The van der Waals surface area contributed by atoms with Crippen LogP contribution in [0, 0.1) is 6.92 Å². The van der Waals surface area contributed by atoms with Crippen molar-refractivity contribution in [2.24, 2.45) is 0 Å². The third-order valence-electron chi connectivity index (χ3n) is 2.28. The van der Waals surface area contributed by atoms with Crippen molar-refractivity contribution in [1.82, 2.24) is 9.97 Å². The second-order valence-electron chi connectivity index (χ2n) is 4.79. The molecule has 0 amide bonds. The Morgan fingerprint density at radius 3 is 2.58 bits per heavy atom. The third-order valence-corrected chi connectivity index (χ3v) is 2.28. The van der Waals surface area contributed by atoms with Crippen molar-refractivity contribution < 1.29 is 19.4 Å². The van der Waals surface area contributed by atoms with Crippen LogP contribution in [-0.2, 0) is 9.53 Å². The van der Waals surface area contributed by atoms with Crippen LogP contribution < -0.4 is 5.32 Å². The number of carboxylic acid groups (broad SMARTS) is 1. The van der Waals surface area contributed by atoms with Gasteiger partial charge in [0.25, 0.3) is 0 Å². The monoisotopic (exact) mass is 267 g/mol. The Balaban J connectivity index is 2.98. The van der Waals surface area contributed by atoms with Crippen LogP contribution in [0.5, 0.6) is 0 Å². The predicted octanol–water partition coefficient (Wildman–Crippen LogP) is 1.24. The molecule has 0 aromatic carbocycles. The number of carboxylic acids is 1. The fraction of sp³-hybridized carbons (Fsp3) is 0.500. The van der Waals surface area contributed by atoms with E-state index in [9.17, 15) is 9.59 Å². The highest BCUT2D eigenvalue weighted by atomic mass is 16.5. The Kier molecular flexibility index (Phi) is 4.42. The van der Waals surface area contributed by atoms with Gasteiger partial charge in [0.1, 0.15) is 5.82 Å². The molecule has 2 N–H and O–H groups in total. The number of nitrogens with zero attached hydrogens (tertiary/aromatic N) is 2. The quantitative estimate of drug-likeness (QED) is 0.774.